The summed E-state index contributed by atoms with van der Waals surface area (Å²) >= 11 is 0. The van der Waals surface area contributed by atoms with Gasteiger partial charge in [0.25, 0.3) is 12.0 Å². The average Bonchev–Trinajstić information content (AvgIpc) is 3.27. The molecule has 2 fully saturated rings. The molecule has 3 aromatic rings. The van der Waals surface area contributed by atoms with Gasteiger partial charge < -0.3 is 0 Å². The van der Waals surface area contributed by atoms with Gasteiger partial charge in [-0.2, -0.15) is 5.10 Å². The summed E-state index contributed by atoms with van der Waals surface area (Å²) in [7, 11) is 0. The number of nitrogens with one attached hydrogen (secondary N) is 1. The molecule has 8 heteroatoms. The first kappa shape index (κ1) is 18.4. The van der Waals surface area contributed by atoms with Crippen molar-refractivity contribution in [1.29, 1.82) is 0 Å². The maximum absolute atomic E-state index is 13.3. The SMILES string of the molecule is O=c1c2ccccc2nc(C2CCCN2Cc2cn[nH]c2C2CC2)n1CC(F)F. The van der Waals surface area contributed by atoms with Gasteiger partial charge in [-0.15, -0.1) is 0 Å². The van der Waals surface area contributed by atoms with E-state index in [0.717, 1.165) is 24.9 Å². The van der Waals surface area contributed by atoms with E-state index >= 15 is 0 Å². The van der Waals surface area contributed by atoms with E-state index in [-0.39, 0.29) is 11.6 Å². The molecule has 1 aliphatic carbocycles. The smallest absolute Gasteiger partial charge is 0.261 e. The number of rotatable bonds is 6. The van der Waals surface area contributed by atoms with Crippen molar-refractivity contribution < 1.29 is 8.78 Å². The van der Waals surface area contributed by atoms with Gasteiger partial charge in [0.05, 0.1) is 29.7 Å². The molecule has 1 aliphatic heterocycles. The van der Waals surface area contributed by atoms with E-state index in [9.17, 15) is 13.6 Å². The molecule has 1 atom stereocenters. The zero-order chi connectivity index (χ0) is 20.0. The van der Waals surface area contributed by atoms with Crippen LogP contribution in [0.4, 0.5) is 8.78 Å². The first-order valence-corrected chi connectivity index (χ1v) is 10.2. The third kappa shape index (κ3) is 3.46. The number of hydrogen-bond acceptors (Lipinski definition) is 4. The molecule has 3 heterocycles. The molecule has 0 spiro atoms. The Bertz CT molecular complexity index is 1090. The van der Waals surface area contributed by atoms with E-state index < -0.39 is 13.0 Å². The van der Waals surface area contributed by atoms with E-state index in [4.69, 9.17) is 0 Å². The zero-order valence-electron chi connectivity index (χ0n) is 16.0. The number of alkyl halides is 2. The highest BCUT2D eigenvalue weighted by Gasteiger charge is 2.33. The molecule has 1 aromatic carbocycles. The van der Waals surface area contributed by atoms with Crippen LogP contribution in [-0.2, 0) is 13.1 Å². The summed E-state index contributed by atoms with van der Waals surface area (Å²) in [6, 6.07) is 6.81. The zero-order valence-corrected chi connectivity index (χ0v) is 16.0. The molecule has 1 saturated carbocycles. The van der Waals surface area contributed by atoms with Crippen LogP contribution in [0, 0.1) is 0 Å². The number of aromatic nitrogens is 4. The van der Waals surface area contributed by atoms with Crippen molar-refractivity contribution >= 4 is 10.9 Å². The van der Waals surface area contributed by atoms with Gasteiger partial charge in [0.1, 0.15) is 5.82 Å². The number of H-pyrrole nitrogens is 1. The number of halogens is 2. The van der Waals surface area contributed by atoms with Crippen molar-refractivity contribution in [3.05, 3.63) is 57.9 Å². The summed E-state index contributed by atoms with van der Waals surface area (Å²) in [5.41, 5.74) is 2.52. The average molecular weight is 399 g/mol. The van der Waals surface area contributed by atoms with E-state index in [1.165, 1.54) is 23.1 Å². The predicted molar refractivity (Wildman–Crippen MR) is 105 cm³/mol. The summed E-state index contributed by atoms with van der Waals surface area (Å²) in [6.45, 7) is 0.900. The number of hydrogen-bond donors (Lipinski definition) is 1. The van der Waals surface area contributed by atoms with Gasteiger partial charge in [0, 0.05) is 23.7 Å². The van der Waals surface area contributed by atoms with E-state index in [1.54, 1.807) is 18.2 Å². The van der Waals surface area contributed by atoms with E-state index in [2.05, 4.69) is 20.1 Å². The first-order chi connectivity index (χ1) is 14.1. The van der Waals surface area contributed by atoms with Crippen molar-refractivity contribution in [1.82, 2.24) is 24.6 Å². The molecule has 1 unspecified atom stereocenters. The predicted octanol–water partition coefficient (Wildman–Crippen LogP) is 3.60. The van der Waals surface area contributed by atoms with Crippen molar-refractivity contribution in [2.24, 2.45) is 0 Å². The third-order valence-corrected chi connectivity index (χ3v) is 5.98. The first-order valence-electron chi connectivity index (χ1n) is 10.2. The van der Waals surface area contributed by atoms with Crippen LogP contribution >= 0.6 is 0 Å². The molecule has 0 amide bonds. The summed E-state index contributed by atoms with van der Waals surface area (Å²) in [5.74, 6) is 1.01. The lowest BCUT2D eigenvalue weighted by atomic mass is 10.1. The minimum absolute atomic E-state index is 0.159. The van der Waals surface area contributed by atoms with Crippen LogP contribution in [0.2, 0.25) is 0 Å². The highest BCUT2D eigenvalue weighted by molar-refractivity contribution is 5.77. The van der Waals surface area contributed by atoms with Gasteiger partial charge in [-0.05, 0) is 44.4 Å². The third-order valence-electron chi connectivity index (χ3n) is 5.98. The van der Waals surface area contributed by atoms with Crippen LogP contribution in [0.3, 0.4) is 0 Å². The summed E-state index contributed by atoms with van der Waals surface area (Å²) in [5, 5.41) is 7.72. The Kier molecular flexibility index (Phi) is 4.66. The Morgan fingerprint density at radius 2 is 2.03 bits per heavy atom. The maximum Gasteiger partial charge on any atom is 0.261 e. The molecule has 1 N–H and O–H groups in total. The van der Waals surface area contributed by atoms with Crippen LogP contribution in [0.15, 0.2) is 35.3 Å². The topological polar surface area (TPSA) is 66.8 Å². The second-order valence-electron chi connectivity index (χ2n) is 8.01. The molecule has 5 rings (SSSR count). The lowest BCUT2D eigenvalue weighted by Crippen LogP contribution is -2.33. The molecule has 6 nitrogen and oxygen atoms in total. The van der Waals surface area contributed by atoms with Crippen LogP contribution in [0.5, 0.6) is 0 Å². The molecule has 152 valence electrons. The minimum atomic E-state index is -2.61. The molecule has 2 aliphatic rings. The second kappa shape index (κ2) is 7.33. The fourth-order valence-corrected chi connectivity index (χ4v) is 4.45. The normalized spacial score (nSPS) is 20.2. The quantitative estimate of drug-likeness (QED) is 0.688. The fraction of sp³-hybridized carbons (Fsp3) is 0.476. The highest BCUT2D eigenvalue weighted by atomic mass is 19.3. The Hall–Kier alpha value is -2.61. The Morgan fingerprint density at radius 3 is 2.83 bits per heavy atom. The summed E-state index contributed by atoms with van der Waals surface area (Å²) in [4.78, 5) is 19.9. The minimum Gasteiger partial charge on any atom is -0.289 e. The van der Waals surface area contributed by atoms with Crippen LogP contribution < -0.4 is 5.56 Å². The number of para-hydroxylation sites is 1. The van der Waals surface area contributed by atoms with Gasteiger partial charge in [-0.1, -0.05) is 12.1 Å². The molecule has 1 saturated heterocycles. The summed E-state index contributed by atoms with van der Waals surface area (Å²) in [6.07, 6.45) is 3.35. The number of nitrogens with zero attached hydrogens (tertiary/aromatic N) is 4. The number of likely N-dealkylation sites (tertiary alicyclic amines) is 1. The van der Waals surface area contributed by atoms with Crippen molar-refractivity contribution in [3.8, 4) is 0 Å². The molecular weight excluding hydrogens is 376 g/mol. The standard InChI is InChI=1S/C21H23F2N5O/c22-18(23)12-28-20(25-16-5-2-1-4-15(16)21(28)29)17-6-3-9-27(17)11-14-10-24-26-19(14)13-7-8-13/h1-2,4-5,10,13,17-18H,3,6-9,11-12H2,(H,24,26). The largest absolute Gasteiger partial charge is 0.289 e. The molecule has 0 bridgehead atoms. The number of benzene rings is 1. The molecule has 0 radical (unpaired) electrons. The van der Waals surface area contributed by atoms with Crippen LogP contribution in [0.25, 0.3) is 10.9 Å². The van der Waals surface area contributed by atoms with Gasteiger partial charge >= 0.3 is 0 Å². The lowest BCUT2D eigenvalue weighted by molar-refractivity contribution is 0.120. The summed E-state index contributed by atoms with van der Waals surface area (Å²) < 4.78 is 27.8. The van der Waals surface area contributed by atoms with Gasteiger partial charge in [-0.3, -0.25) is 19.4 Å². The van der Waals surface area contributed by atoms with Crippen molar-refractivity contribution in [2.45, 2.75) is 57.2 Å². The highest BCUT2D eigenvalue weighted by Crippen LogP contribution is 2.41. The fourth-order valence-electron chi connectivity index (χ4n) is 4.45. The molecular formula is C21H23F2N5O. The van der Waals surface area contributed by atoms with E-state index in [1.807, 2.05) is 12.3 Å². The van der Waals surface area contributed by atoms with Crippen molar-refractivity contribution in [2.75, 3.05) is 6.54 Å². The number of fused-ring (bicyclic) bond motifs is 1. The Balaban J connectivity index is 1.54. The van der Waals surface area contributed by atoms with Crippen LogP contribution in [-0.4, -0.2) is 37.6 Å². The van der Waals surface area contributed by atoms with Crippen molar-refractivity contribution in [3.63, 3.8) is 0 Å². The maximum atomic E-state index is 13.3. The Labute approximate surface area is 166 Å². The van der Waals surface area contributed by atoms with E-state index in [0.29, 0.717) is 29.2 Å². The lowest BCUT2D eigenvalue weighted by Gasteiger charge is -2.26. The Morgan fingerprint density at radius 1 is 1.21 bits per heavy atom. The van der Waals surface area contributed by atoms with Gasteiger partial charge in [0.15, 0.2) is 0 Å². The molecule has 29 heavy (non-hydrogen) atoms. The monoisotopic (exact) mass is 399 g/mol. The van der Waals surface area contributed by atoms with Gasteiger partial charge in [-0.25, -0.2) is 13.8 Å². The van der Waals surface area contributed by atoms with Gasteiger partial charge in [0.2, 0.25) is 0 Å². The molecule has 2 aromatic heterocycles. The van der Waals surface area contributed by atoms with Crippen LogP contribution in [0.1, 0.15) is 54.7 Å². The second-order valence-corrected chi connectivity index (χ2v) is 8.01. The number of aromatic amines is 1.